The molecule has 0 radical (unpaired) electrons. The molecule has 21 heavy (non-hydrogen) atoms. The van der Waals surface area contributed by atoms with E-state index in [0.717, 1.165) is 5.56 Å². The minimum Gasteiger partial charge on any atom is -0.495 e. The van der Waals surface area contributed by atoms with Gasteiger partial charge in [-0.2, -0.15) is 0 Å². The zero-order valence-corrected chi connectivity index (χ0v) is 12.7. The van der Waals surface area contributed by atoms with Crippen LogP contribution in [0.15, 0.2) is 53.4 Å². The monoisotopic (exact) mass is 306 g/mol. The van der Waals surface area contributed by atoms with Crippen LogP contribution < -0.4 is 15.2 Å². The van der Waals surface area contributed by atoms with E-state index in [4.69, 9.17) is 10.5 Å². The highest BCUT2D eigenvalue weighted by atomic mass is 32.2. The highest BCUT2D eigenvalue weighted by molar-refractivity contribution is 7.89. The van der Waals surface area contributed by atoms with Crippen molar-refractivity contribution in [1.82, 2.24) is 4.72 Å². The number of ether oxygens (including phenoxy) is 1. The van der Waals surface area contributed by atoms with Crippen LogP contribution in [0.25, 0.3) is 0 Å². The highest BCUT2D eigenvalue weighted by Crippen LogP contribution is 2.25. The minimum absolute atomic E-state index is 0.122. The summed E-state index contributed by atoms with van der Waals surface area (Å²) in [5.74, 6) is 0.338. The van der Waals surface area contributed by atoms with Gasteiger partial charge in [-0.05, 0) is 24.6 Å². The number of nitrogens with one attached hydrogen (secondary N) is 1. The summed E-state index contributed by atoms with van der Waals surface area (Å²) < 4.78 is 32.5. The van der Waals surface area contributed by atoms with Crippen molar-refractivity contribution in [2.24, 2.45) is 0 Å². The van der Waals surface area contributed by atoms with Crippen molar-refractivity contribution >= 4 is 15.7 Å². The van der Waals surface area contributed by atoms with Crippen LogP contribution in [0.2, 0.25) is 0 Å². The Bertz CT molecular complexity index is 715. The Morgan fingerprint density at radius 1 is 1.14 bits per heavy atom. The quantitative estimate of drug-likeness (QED) is 0.831. The van der Waals surface area contributed by atoms with Crippen LogP contribution in [0.1, 0.15) is 18.5 Å². The van der Waals surface area contributed by atoms with E-state index in [1.807, 2.05) is 30.3 Å². The Labute approximate surface area is 124 Å². The first-order valence-electron chi connectivity index (χ1n) is 6.45. The van der Waals surface area contributed by atoms with E-state index in [2.05, 4.69) is 4.72 Å². The van der Waals surface area contributed by atoms with Gasteiger partial charge in [-0.3, -0.25) is 0 Å². The van der Waals surface area contributed by atoms with Crippen LogP contribution in [0, 0.1) is 0 Å². The molecule has 0 amide bonds. The van der Waals surface area contributed by atoms with Gasteiger partial charge >= 0.3 is 0 Å². The van der Waals surface area contributed by atoms with Gasteiger partial charge in [0, 0.05) is 12.1 Å². The molecule has 0 spiro atoms. The summed E-state index contributed by atoms with van der Waals surface area (Å²) in [5, 5.41) is 0. The summed E-state index contributed by atoms with van der Waals surface area (Å²) in [6.45, 7) is 1.79. The number of anilines is 1. The topological polar surface area (TPSA) is 81.4 Å². The van der Waals surface area contributed by atoms with Crippen LogP contribution in [-0.2, 0) is 10.0 Å². The molecule has 0 saturated carbocycles. The van der Waals surface area contributed by atoms with Gasteiger partial charge in [0.05, 0.1) is 17.7 Å². The Kier molecular flexibility index (Phi) is 4.50. The third-order valence-corrected chi connectivity index (χ3v) is 4.69. The molecule has 0 saturated heterocycles. The number of benzene rings is 2. The standard InChI is InChI=1S/C15H18N2O3S/c1-11(12-6-4-3-5-7-12)17-21(18,19)13-8-9-14(16)15(10-13)20-2/h3-11,17H,16H2,1-2H3. The van der Waals surface area contributed by atoms with Crippen molar-refractivity contribution in [1.29, 1.82) is 0 Å². The number of methoxy groups -OCH3 is 1. The van der Waals surface area contributed by atoms with Crippen LogP contribution in [0.4, 0.5) is 5.69 Å². The first-order valence-corrected chi connectivity index (χ1v) is 7.93. The molecule has 0 aliphatic carbocycles. The zero-order chi connectivity index (χ0) is 15.5. The second-order valence-corrected chi connectivity index (χ2v) is 6.37. The van der Waals surface area contributed by atoms with Crippen LogP contribution >= 0.6 is 0 Å². The lowest BCUT2D eigenvalue weighted by Gasteiger charge is -2.15. The average molecular weight is 306 g/mol. The van der Waals surface area contributed by atoms with Gasteiger partial charge < -0.3 is 10.5 Å². The molecule has 0 fully saturated rings. The van der Waals surface area contributed by atoms with E-state index in [0.29, 0.717) is 11.4 Å². The van der Waals surface area contributed by atoms with E-state index >= 15 is 0 Å². The van der Waals surface area contributed by atoms with Crippen molar-refractivity contribution < 1.29 is 13.2 Å². The summed E-state index contributed by atoms with van der Waals surface area (Å²) in [4.78, 5) is 0.122. The minimum atomic E-state index is -3.64. The molecule has 0 aliphatic rings. The molecule has 0 aliphatic heterocycles. The predicted octanol–water partition coefficient (Wildman–Crippen LogP) is 2.32. The fraction of sp³-hybridized carbons (Fsp3) is 0.200. The van der Waals surface area contributed by atoms with E-state index in [1.54, 1.807) is 6.92 Å². The SMILES string of the molecule is COc1cc(S(=O)(=O)NC(C)c2ccccc2)ccc1N. The average Bonchev–Trinajstić information content (AvgIpc) is 2.48. The lowest BCUT2D eigenvalue weighted by Crippen LogP contribution is -2.26. The van der Waals surface area contributed by atoms with E-state index in [9.17, 15) is 8.42 Å². The molecule has 1 atom stereocenters. The molecule has 3 N–H and O–H groups in total. The lowest BCUT2D eigenvalue weighted by atomic mass is 10.1. The molecule has 2 aromatic rings. The first kappa shape index (κ1) is 15.3. The predicted molar refractivity (Wildman–Crippen MR) is 82.6 cm³/mol. The molecule has 2 rings (SSSR count). The molecule has 0 heterocycles. The normalized spacial score (nSPS) is 12.9. The molecule has 6 heteroatoms. The van der Waals surface area contributed by atoms with E-state index < -0.39 is 10.0 Å². The zero-order valence-electron chi connectivity index (χ0n) is 11.9. The number of sulfonamides is 1. The molecule has 5 nitrogen and oxygen atoms in total. The fourth-order valence-corrected chi connectivity index (χ4v) is 3.22. The van der Waals surface area contributed by atoms with E-state index in [1.165, 1.54) is 25.3 Å². The Morgan fingerprint density at radius 3 is 2.43 bits per heavy atom. The largest absolute Gasteiger partial charge is 0.495 e. The summed E-state index contributed by atoms with van der Waals surface area (Å²) >= 11 is 0. The van der Waals surface area contributed by atoms with Gasteiger partial charge in [0.1, 0.15) is 5.75 Å². The van der Waals surface area contributed by atoms with Crippen LogP contribution in [-0.4, -0.2) is 15.5 Å². The van der Waals surface area contributed by atoms with Crippen molar-refractivity contribution in [2.45, 2.75) is 17.9 Å². The second kappa shape index (κ2) is 6.15. The molecular weight excluding hydrogens is 288 g/mol. The Morgan fingerprint density at radius 2 is 1.81 bits per heavy atom. The fourth-order valence-electron chi connectivity index (χ4n) is 1.97. The molecule has 1 unspecified atom stereocenters. The van der Waals surface area contributed by atoms with E-state index in [-0.39, 0.29) is 10.9 Å². The number of hydrogen-bond donors (Lipinski definition) is 2. The van der Waals surface area contributed by atoms with Crippen molar-refractivity contribution in [3.63, 3.8) is 0 Å². The third kappa shape index (κ3) is 3.53. The number of nitrogens with two attached hydrogens (primary N) is 1. The highest BCUT2D eigenvalue weighted by Gasteiger charge is 2.19. The maximum Gasteiger partial charge on any atom is 0.241 e. The summed E-state index contributed by atoms with van der Waals surface area (Å²) in [5.41, 5.74) is 6.98. The van der Waals surface area contributed by atoms with Crippen molar-refractivity contribution in [2.75, 3.05) is 12.8 Å². The number of rotatable bonds is 5. The van der Waals surface area contributed by atoms with Crippen LogP contribution in [0.3, 0.4) is 0 Å². The number of nitrogen functional groups attached to an aromatic ring is 1. The summed E-state index contributed by atoms with van der Waals surface area (Å²) in [6.07, 6.45) is 0. The summed E-state index contributed by atoms with van der Waals surface area (Å²) in [6, 6.07) is 13.4. The first-order chi connectivity index (χ1) is 9.94. The van der Waals surface area contributed by atoms with Gasteiger partial charge in [0.15, 0.2) is 0 Å². The maximum atomic E-state index is 12.4. The molecule has 2 aromatic carbocycles. The van der Waals surface area contributed by atoms with Gasteiger partial charge in [0.25, 0.3) is 0 Å². The lowest BCUT2D eigenvalue weighted by molar-refractivity contribution is 0.415. The third-order valence-electron chi connectivity index (χ3n) is 3.15. The van der Waals surface area contributed by atoms with Crippen LogP contribution in [0.5, 0.6) is 5.75 Å². The molecule has 112 valence electrons. The van der Waals surface area contributed by atoms with Gasteiger partial charge in [-0.1, -0.05) is 30.3 Å². The number of hydrogen-bond acceptors (Lipinski definition) is 4. The van der Waals surface area contributed by atoms with Gasteiger partial charge in [-0.25, -0.2) is 13.1 Å². The maximum absolute atomic E-state index is 12.4. The smallest absolute Gasteiger partial charge is 0.241 e. The molecule has 0 bridgehead atoms. The van der Waals surface area contributed by atoms with Gasteiger partial charge in [0.2, 0.25) is 10.0 Å². The molecular formula is C15H18N2O3S. The van der Waals surface area contributed by atoms with Gasteiger partial charge in [-0.15, -0.1) is 0 Å². The van der Waals surface area contributed by atoms with Crippen molar-refractivity contribution in [3.8, 4) is 5.75 Å². The van der Waals surface area contributed by atoms with Crippen molar-refractivity contribution in [3.05, 3.63) is 54.1 Å². The Hall–Kier alpha value is -2.05. The molecule has 0 aromatic heterocycles. The Balaban J connectivity index is 2.26. The summed E-state index contributed by atoms with van der Waals surface area (Å²) in [7, 11) is -2.20. The second-order valence-electron chi connectivity index (χ2n) is 4.66.